The molecule has 0 bridgehead atoms. The summed E-state index contributed by atoms with van der Waals surface area (Å²) in [7, 11) is 0. The van der Waals surface area contributed by atoms with Crippen molar-refractivity contribution in [1.82, 2.24) is 19.9 Å². The number of pyridine rings is 1. The highest BCUT2D eigenvalue weighted by Gasteiger charge is 2.15. The molecule has 0 unspecified atom stereocenters. The van der Waals surface area contributed by atoms with Crippen LogP contribution in [0.25, 0.3) is 111 Å². The van der Waals surface area contributed by atoms with Gasteiger partial charge in [-0.15, -0.1) is 0 Å². The van der Waals surface area contributed by atoms with Crippen LogP contribution in [-0.4, -0.2) is 19.9 Å². The first-order chi connectivity index (χ1) is 30.7. The molecule has 11 aromatic rings. The molecule has 4 nitrogen and oxygen atoms in total. The molecule has 0 spiro atoms. The zero-order valence-electron chi connectivity index (χ0n) is 33.7. The molecular formula is C58H38N4. The van der Waals surface area contributed by atoms with Gasteiger partial charge < -0.3 is 0 Å². The fraction of sp³-hybridized carbons (Fsp3) is 0. The van der Waals surface area contributed by atoms with E-state index in [-0.39, 0.29) is 0 Å². The van der Waals surface area contributed by atoms with E-state index in [4.69, 9.17) is 15.0 Å². The summed E-state index contributed by atoms with van der Waals surface area (Å²) in [6, 6.07) is 78.8. The summed E-state index contributed by atoms with van der Waals surface area (Å²) < 4.78 is 0. The lowest BCUT2D eigenvalue weighted by Gasteiger charge is -2.11. The number of aromatic nitrogens is 4. The van der Waals surface area contributed by atoms with Gasteiger partial charge in [0.1, 0.15) is 0 Å². The first-order valence-corrected chi connectivity index (χ1v) is 20.9. The van der Waals surface area contributed by atoms with Crippen molar-refractivity contribution in [3.05, 3.63) is 231 Å². The maximum Gasteiger partial charge on any atom is 0.164 e. The number of nitrogens with zero attached hydrogens (tertiary/aromatic N) is 4. The van der Waals surface area contributed by atoms with E-state index in [1.165, 1.54) is 38.6 Å². The van der Waals surface area contributed by atoms with Gasteiger partial charge in [-0.25, -0.2) is 15.0 Å². The van der Waals surface area contributed by atoms with Crippen LogP contribution in [0.2, 0.25) is 0 Å². The summed E-state index contributed by atoms with van der Waals surface area (Å²) in [6.07, 6.45) is 1.87. The molecule has 0 N–H and O–H groups in total. The first kappa shape index (κ1) is 36.7. The lowest BCUT2D eigenvalue weighted by atomic mass is 9.94. The monoisotopic (exact) mass is 790 g/mol. The molecule has 0 amide bonds. The summed E-state index contributed by atoms with van der Waals surface area (Å²) in [5.41, 5.74) is 15.4. The Kier molecular flexibility index (Phi) is 9.49. The molecule has 0 radical (unpaired) electrons. The second-order valence-electron chi connectivity index (χ2n) is 15.5. The number of benzene rings is 9. The Morgan fingerprint density at radius 2 is 0.661 bits per heavy atom. The third-order valence-electron chi connectivity index (χ3n) is 11.6. The highest BCUT2D eigenvalue weighted by atomic mass is 15.0. The molecule has 62 heavy (non-hydrogen) atoms. The maximum absolute atomic E-state index is 5.09. The Hall–Kier alpha value is -8.34. The van der Waals surface area contributed by atoms with Crippen molar-refractivity contribution >= 4 is 21.7 Å². The van der Waals surface area contributed by atoms with Crippen LogP contribution in [0.1, 0.15) is 0 Å². The molecule has 4 heteroatoms. The van der Waals surface area contributed by atoms with Crippen LogP contribution in [0.3, 0.4) is 0 Å². The molecule has 11 rings (SSSR count). The van der Waals surface area contributed by atoms with E-state index >= 15 is 0 Å². The molecule has 9 aromatic carbocycles. The second kappa shape index (κ2) is 16.0. The molecule has 0 aliphatic rings. The Labute approximate surface area is 360 Å². The predicted octanol–water partition coefficient (Wildman–Crippen LogP) is 14.9. The third-order valence-corrected chi connectivity index (χ3v) is 11.6. The molecule has 2 aromatic heterocycles. The summed E-state index contributed by atoms with van der Waals surface area (Å²) in [6.45, 7) is 0. The molecule has 2 heterocycles. The molecule has 0 saturated carbocycles. The summed E-state index contributed by atoms with van der Waals surface area (Å²) in [4.78, 5) is 19.9. The highest BCUT2D eigenvalue weighted by molar-refractivity contribution is 6.10. The van der Waals surface area contributed by atoms with Crippen molar-refractivity contribution in [1.29, 1.82) is 0 Å². The average molecular weight is 791 g/mol. The topological polar surface area (TPSA) is 51.6 Å². The Morgan fingerprint density at radius 1 is 0.242 bits per heavy atom. The van der Waals surface area contributed by atoms with E-state index in [9.17, 15) is 0 Å². The van der Waals surface area contributed by atoms with Crippen LogP contribution < -0.4 is 0 Å². The van der Waals surface area contributed by atoms with Gasteiger partial charge in [-0.1, -0.05) is 212 Å². The van der Waals surface area contributed by atoms with Crippen molar-refractivity contribution in [2.24, 2.45) is 0 Å². The molecule has 0 aliphatic heterocycles. The van der Waals surface area contributed by atoms with Gasteiger partial charge in [-0.3, -0.25) is 4.98 Å². The summed E-state index contributed by atoms with van der Waals surface area (Å²) in [5, 5.41) is 3.53. The minimum atomic E-state index is 0.624. The number of hydrogen-bond acceptors (Lipinski definition) is 4. The highest BCUT2D eigenvalue weighted by Crippen LogP contribution is 2.35. The summed E-state index contributed by atoms with van der Waals surface area (Å²) in [5.74, 6) is 1.88. The number of rotatable bonds is 8. The second-order valence-corrected chi connectivity index (χ2v) is 15.5. The number of fused-ring (bicyclic) bond motifs is 3. The Balaban J connectivity index is 0.898. The largest absolute Gasteiger partial charge is 0.256 e. The lowest BCUT2D eigenvalue weighted by Crippen LogP contribution is -2.00. The fourth-order valence-electron chi connectivity index (χ4n) is 8.34. The van der Waals surface area contributed by atoms with Gasteiger partial charge in [0.05, 0.1) is 5.52 Å². The predicted molar refractivity (Wildman–Crippen MR) is 256 cm³/mol. The van der Waals surface area contributed by atoms with Gasteiger partial charge in [0.2, 0.25) is 0 Å². The van der Waals surface area contributed by atoms with Crippen molar-refractivity contribution < 1.29 is 0 Å². The first-order valence-electron chi connectivity index (χ1n) is 20.9. The van der Waals surface area contributed by atoms with Crippen molar-refractivity contribution in [2.75, 3.05) is 0 Å². The van der Waals surface area contributed by atoms with E-state index in [0.29, 0.717) is 17.5 Å². The van der Waals surface area contributed by atoms with Crippen LogP contribution in [0, 0.1) is 0 Å². The minimum Gasteiger partial charge on any atom is -0.256 e. The SMILES string of the molecule is c1ccc(-c2ccc(-c3nc(-c4ccc(-c5ccccc5)cc4)nc(-c4cccc(-c5ccc(-c6ccc(-c7cccc8c7ccc7cccnc78)cc6)cc5)c4)n3)cc2)cc1. The van der Waals surface area contributed by atoms with Gasteiger partial charge in [0.25, 0.3) is 0 Å². The van der Waals surface area contributed by atoms with Crippen molar-refractivity contribution in [3.8, 4) is 89.8 Å². The van der Waals surface area contributed by atoms with Gasteiger partial charge >= 0.3 is 0 Å². The average Bonchev–Trinajstić information content (AvgIpc) is 3.37. The standard InChI is InChI=1S/C58H38N4/c1-3-10-39(11-4-1)41-25-31-48(32-26-41)56-60-57(49-33-27-42(28-34-49)40-12-5-2-6-13-40)62-58(61-56)51-15-7-14-50(38-51)45-21-19-43(20-22-45)44-23-29-46(30-24-44)52-17-8-18-54-53(52)36-35-47-16-9-37-59-55(47)54/h1-38H. The fourth-order valence-corrected chi connectivity index (χ4v) is 8.34. The van der Waals surface area contributed by atoms with E-state index in [2.05, 4.69) is 211 Å². The summed E-state index contributed by atoms with van der Waals surface area (Å²) >= 11 is 0. The Bertz CT molecular complexity index is 3240. The van der Waals surface area contributed by atoms with Gasteiger partial charge in [-0.05, 0) is 73.2 Å². The molecular weight excluding hydrogens is 753 g/mol. The van der Waals surface area contributed by atoms with Crippen molar-refractivity contribution in [2.45, 2.75) is 0 Å². The molecule has 0 aliphatic carbocycles. The molecule has 0 fully saturated rings. The van der Waals surface area contributed by atoms with E-state index < -0.39 is 0 Å². The molecule has 0 saturated heterocycles. The van der Waals surface area contributed by atoms with Crippen LogP contribution in [0.5, 0.6) is 0 Å². The quantitative estimate of drug-likeness (QED) is 0.144. The zero-order valence-corrected chi connectivity index (χ0v) is 33.7. The van der Waals surface area contributed by atoms with Crippen molar-refractivity contribution in [3.63, 3.8) is 0 Å². The van der Waals surface area contributed by atoms with Crippen LogP contribution in [0.4, 0.5) is 0 Å². The van der Waals surface area contributed by atoms with E-state index in [1.807, 2.05) is 24.4 Å². The van der Waals surface area contributed by atoms with E-state index in [1.54, 1.807) is 0 Å². The lowest BCUT2D eigenvalue weighted by molar-refractivity contribution is 1.07. The normalized spacial score (nSPS) is 11.2. The van der Waals surface area contributed by atoms with Gasteiger partial charge in [0, 0.05) is 33.7 Å². The van der Waals surface area contributed by atoms with Gasteiger partial charge in [-0.2, -0.15) is 0 Å². The minimum absolute atomic E-state index is 0.624. The number of hydrogen-bond donors (Lipinski definition) is 0. The maximum atomic E-state index is 5.09. The third kappa shape index (κ3) is 7.20. The zero-order chi connectivity index (χ0) is 41.2. The molecule has 290 valence electrons. The smallest absolute Gasteiger partial charge is 0.164 e. The van der Waals surface area contributed by atoms with Crippen LogP contribution >= 0.6 is 0 Å². The van der Waals surface area contributed by atoms with Gasteiger partial charge in [0.15, 0.2) is 17.5 Å². The van der Waals surface area contributed by atoms with Crippen LogP contribution in [0.15, 0.2) is 231 Å². The van der Waals surface area contributed by atoms with E-state index in [0.717, 1.165) is 55.4 Å². The Morgan fingerprint density at radius 3 is 1.21 bits per heavy atom. The molecule has 0 atom stereocenters. The van der Waals surface area contributed by atoms with Crippen LogP contribution in [-0.2, 0) is 0 Å².